The zero-order valence-electron chi connectivity index (χ0n) is 7.28. The lowest BCUT2D eigenvalue weighted by atomic mass is 10.1. The van der Waals surface area contributed by atoms with Crippen LogP contribution < -0.4 is 0 Å². The maximum absolute atomic E-state index is 2.35. The van der Waals surface area contributed by atoms with Gasteiger partial charge in [0.1, 0.15) is 0 Å². The van der Waals surface area contributed by atoms with Gasteiger partial charge in [-0.3, -0.25) is 0 Å². The summed E-state index contributed by atoms with van der Waals surface area (Å²) in [5.41, 5.74) is 0. The van der Waals surface area contributed by atoms with Crippen LogP contribution in [0.25, 0.3) is 0 Å². The van der Waals surface area contributed by atoms with E-state index in [0.29, 0.717) is 0 Å². The van der Waals surface area contributed by atoms with Gasteiger partial charge in [-0.1, -0.05) is 48.0 Å². The summed E-state index contributed by atoms with van der Waals surface area (Å²) in [5.74, 6) is 2.05. The minimum atomic E-state index is 0. The largest absolute Gasteiger partial charge is 0.0776 e. The number of rotatable bonds is 0. The average molecular weight is 144 g/mol. The number of hydrogen-bond donors (Lipinski definition) is 0. The van der Waals surface area contributed by atoms with Crippen molar-refractivity contribution >= 4 is 0 Å². The van der Waals surface area contributed by atoms with E-state index >= 15 is 0 Å². The first-order valence-electron chi connectivity index (χ1n) is 4.29. The van der Waals surface area contributed by atoms with E-state index in [9.17, 15) is 0 Å². The monoisotopic (exact) mass is 144 g/mol. The van der Waals surface area contributed by atoms with Gasteiger partial charge in [-0.25, -0.2) is 0 Å². The topological polar surface area (TPSA) is 0 Å². The van der Waals surface area contributed by atoms with E-state index in [1.54, 1.807) is 0 Å². The molecule has 0 aliphatic heterocycles. The van der Waals surface area contributed by atoms with Crippen molar-refractivity contribution in [3.8, 4) is 0 Å². The second-order valence-electron chi connectivity index (χ2n) is 3.02. The fraction of sp³-hybridized carbons (Fsp3) is 1.00. The van der Waals surface area contributed by atoms with E-state index in [1.807, 2.05) is 13.8 Å². The third-order valence-corrected chi connectivity index (χ3v) is 1.96. The van der Waals surface area contributed by atoms with Gasteiger partial charge in [0.05, 0.1) is 0 Å². The first-order chi connectivity index (χ1) is 4.29. The lowest BCUT2D eigenvalue weighted by molar-refractivity contribution is 0.555. The minimum Gasteiger partial charge on any atom is -0.0776 e. The molecule has 1 rings (SSSR count). The van der Waals surface area contributed by atoms with Crippen LogP contribution in [0.1, 0.15) is 54.4 Å². The highest BCUT2D eigenvalue weighted by Gasteiger charge is 2.15. The zero-order valence-corrected chi connectivity index (χ0v) is 7.28. The highest BCUT2D eigenvalue weighted by molar-refractivity contribution is 4.68. The molecular weight excluding hydrogens is 120 g/mol. The molecule has 1 aliphatic rings. The standard InChI is InChI=1S/C7H14.C2H6.CH4/c1-6-3-4-7(2)5-6;1-2;/h6-7H,3-5H2,1-2H3;1-2H3;1H4. The molecule has 10 heavy (non-hydrogen) atoms. The lowest BCUT2D eigenvalue weighted by Crippen LogP contribution is -1.84. The van der Waals surface area contributed by atoms with E-state index in [0.717, 1.165) is 11.8 Å². The van der Waals surface area contributed by atoms with Crippen LogP contribution in [-0.4, -0.2) is 0 Å². The summed E-state index contributed by atoms with van der Waals surface area (Å²) in [5, 5.41) is 0. The molecule has 2 atom stereocenters. The normalized spacial score (nSPS) is 30.0. The van der Waals surface area contributed by atoms with Gasteiger partial charge in [-0.15, -0.1) is 0 Å². The molecule has 0 saturated heterocycles. The Kier molecular flexibility index (Phi) is 9.00. The SMILES string of the molecule is C.CC.CC1CCC(C)C1. The second kappa shape index (κ2) is 7.11. The van der Waals surface area contributed by atoms with Gasteiger partial charge in [0.25, 0.3) is 0 Å². The molecule has 2 unspecified atom stereocenters. The van der Waals surface area contributed by atoms with Crippen LogP contribution >= 0.6 is 0 Å². The lowest BCUT2D eigenvalue weighted by Gasteiger charge is -1.96. The zero-order chi connectivity index (χ0) is 7.28. The third-order valence-electron chi connectivity index (χ3n) is 1.96. The summed E-state index contributed by atoms with van der Waals surface area (Å²) in [6.45, 7) is 8.70. The van der Waals surface area contributed by atoms with E-state index in [-0.39, 0.29) is 7.43 Å². The summed E-state index contributed by atoms with van der Waals surface area (Å²) in [6, 6.07) is 0. The molecular formula is C10H24. The number of hydrogen-bond acceptors (Lipinski definition) is 0. The molecule has 0 spiro atoms. The van der Waals surface area contributed by atoms with E-state index in [2.05, 4.69) is 13.8 Å². The van der Waals surface area contributed by atoms with E-state index < -0.39 is 0 Å². The van der Waals surface area contributed by atoms with Crippen molar-refractivity contribution in [3.63, 3.8) is 0 Å². The molecule has 0 aromatic heterocycles. The van der Waals surface area contributed by atoms with Crippen molar-refractivity contribution < 1.29 is 0 Å². The highest BCUT2D eigenvalue weighted by atomic mass is 14.2. The maximum Gasteiger partial charge on any atom is -0.0440 e. The van der Waals surface area contributed by atoms with Crippen LogP contribution in [0.5, 0.6) is 0 Å². The van der Waals surface area contributed by atoms with Crippen molar-refractivity contribution in [3.05, 3.63) is 0 Å². The molecule has 0 aromatic rings. The Labute approximate surface area is 67.0 Å². The van der Waals surface area contributed by atoms with Gasteiger partial charge in [0.2, 0.25) is 0 Å². The van der Waals surface area contributed by atoms with Crippen LogP contribution in [0.2, 0.25) is 0 Å². The van der Waals surface area contributed by atoms with Crippen LogP contribution in [-0.2, 0) is 0 Å². The van der Waals surface area contributed by atoms with Crippen molar-refractivity contribution in [1.82, 2.24) is 0 Å². The molecule has 64 valence electrons. The van der Waals surface area contributed by atoms with Gasteiger partial charge in [0.15, 0.2) is 0 Å². The predicted molar refractivity (Wildman–Crippen MR) is 50.3 cm³/mol. The highest BCUT2D eigenvalue weighted by Crippen LogP contribution is 2.29. The average Bonchev–Trinajstić information content (AvgIpc) is 2.20. The molecule has 1 aliphatic carbocycles. The summed E-state index contributed by atoms with van der Waals surface area (Å²) < 4.78 is 0. The summed E-state index contributed by atoms with van der Waals surface area (Å²) in [4.78, 5) is 0. The predicted octanol–water partition coefficient (Wildman–Crippen LogP) is 4.10. The van der Waals surface area contributed by atoms with Crippen molar-refractivity contribution in [1.29, 1.82) is 0 Å². The molecule has 0 heterocycles. The maximum atomic E-state index is 2.35. The molecule has 1 saturated carbocycles. The van der Waals surface area contributed by atoms with Gasteiger partial charge in [0, 0.05) is 0 Å². The second-order valence-corrected chi connectivity index (χ2v) is 3.02. The third kappa shape index (κ3) is 4.84. The van der Waals surface area contributed by atoms with E-state index in [4.69, 9.17) is 0 Å². The van der Waals surface area contributed by atoms with Crippen LogP contribution in [0.3, 0.4) is 0 Å². The van der Waals surface area contributed by atoms with E-state index in [1.165, 1.54) is 19.3 Å². The molecule has 0 nitrogen and oxygen atoms in total. The van der Waals surface area contributed by atoms with Crippen molar-refractivity contribution in [2.45, 2.75) is 54.4 Å². The summed E-state index contributed by atoms with van der Waals surface area (Å²) >= 11 is 0. The van der Waals surface area contributed by atoms with Crippen molar-refractivity contribution in [2.24, 2.45) is 11.8 Å². The van der Waals surface area contributed by atoms with Gasteiger partial charge >= 0.3 is 0 Å². The van der Waals surface area contributed by atoms with Gasteiger partial charge in [-0.2, -0.15) is 0 Å². The Morgan fingerprint density at radius 2 is 1.20 bits per heavy atom. The smallest absolute Gasteiger partial charge is 0.0440 e. The summed E-state index contributed by atoms with van der Waals surface area (Å²) in [7, 11) is 0. The Hall–Kier alpha value is 0. The molecule has 1 fully saturated rings. The minimum absolute atomic E-state index is 0. The molecule has 0 radical (unpaired) electrons. The molecule has 0 bridgehead atoms. The van der Waals surface area contributed by atoms with Crippen molar-refractivity contribution in [2.75, 3.05) is 0 Å². The molecule has 0 heteroatoms. The first kappa shape index (κ1) is 12.7. The summed E-state index contributed by atoms with van der Waals surface area (Å²) in [6.07, 6.45) is 4.42. The molecule has 0 amide bonds. The van der Waals surface area contributed by atoms with Crippen LogP contribution in [0, 0.1) is 11.8 Å². The molecule has 0 N–H and O–H groups in total. The fourth-order valence-corrected chi connectivity index (χ4v) is 1.49. The Bertz CT molecular complexity index is 49.1. The van der Waals surface area contributed by atoms with Crippen LogP contribution in [0.4, 0.5) is 0 Å². The van der Waals surface area contributed by atoms with Gasteiger partial charge < -0.3 is 0 Å². The fourth-order valence-electron chi connectivity index (χ4n) is 1.49. The van der Waals surface area contributed by atoms with Crippen LogP contribution in [0.15, 0.2) is 0 Å². The Morgan fingerprint density at radius 3 is 1.30 bits per heavy atom. The first-order valence-corrected chi connectivity index (χ1v) is 4.29. The Morgan fingerprint density at radius 1 is 0.900 bits per heavy atom. The quantitative estimate of drug-likeness (QED) is 0.480. The molecule has 0 aromatic carbocycles. The van der Waals surface area contributed by atoms with Gasteiger partial charge in [-0.05, 0) is 18.3 Å². The Balaban J connectivity index is 0.